The van der Waals surface area contributed by atoms with Gasteiger partial charge in [0.2, 0.25) is 5.91 Å². The van der Waals surface area contributed by atoms with Crippen LogP contribution in [0, 0.1) is 0 Å². The molecule has 1 amide bonds. The normalized spacial score (nSPS) is 22.3. The smallest absolute Gasteiger partial charge is 0.327 e. The summed E-state index contributed by atoms with van der Waals surface area (Å²) in [5, 5.41) is 5.49. The van der Waals surface area contributed by atoms with Crippen LogP contribution >= 0.6 is 7.60 Å². The van der Waals surface area contributed by atoms with Crippen molar-refractivity contribution in [2.75, 3.05) is 19.3 Å². The summed E-state index contributed by atoms with van der Waals surface area (Å²) < 4.78 is 10.5. The van der Waals surface area contributed by atoms with Crippen LogP contribution in [0.5, 0.6) is 0 Å². The van der Waals surface area contributed by atoms with Crippen molar-refractivity contribution < 1.29 is 19.1 Å². The Balaban J connectivity index is 2.18. The van der Waals surface area contributed by atoms with Crippen molar-refractivity contribution >= 4 is 13.5 Å². The number of hydrogen-bond donors (Lipinski definition) is 4. The number of rotatable bonds is 4. The zero-order valence-corrected chi connectivity index (χ0v) is 8.67. The van der Waals surface area contributed by atoms with Gasteiger partial charge < -0.3 is 20.4 Å². The molecule has 6 nitrogen and oxygen atoms in total. The molecular weight excluding hydrogens is 207 g/mol. The zero-order valence-electron chi connectivity index (χ0n) is 7.77. The molecule has 1 aliphatic heterocycles. The molecule has 0 aromatic heterocycles. The van der Waals surface area contributed by atoms with E-state index in [0.29, 0.717) is 0 Å². The van der Waals surface area contributed by atoms with E-state index in [9.17, 15) is 9.36 Å². The highest BCUT2D eigenvalue weighted by molar-refractivity contribution is 7.51. The Kier molecular flexibility index (Phi) is 4.07. The van der Waals surface area contributed by atoms with Gasteiger partial charge in [0, 0.05) is 6.54 Å². The topological polar surface area (TPSA) is 98.7 Å². The Morgan fingerprint density at radius 1 is 1.57 bits per heavy atom. The molecule has 1 saturated heterocycles. The van der Waals surface area contributed by atoms with Crippen molar-refractivity contribution in [1.82, 2.24) is 10.6 Å². The molecule has 0 aromatic rings. The maximum absolute atomic E-state index is 11.3. The molecule has 0 saturated carbocycles. The molecule has 1 rings (SSSR count). The summed E-state index contributed by atoms with van der Waals surface area (Å²) in [5.74, 6) is -0.170. The average Bonchev–Trinajstić information content (AvgIpc) is 2.53. The van der Waals surface area contributed by atoms with Gasteiger partial charge in [-0.05, 0) is 19.4 Å². The van der Waals surface area contributed by atoms with Gasteiger partial charge >= 0.3 is 7.60 Å². The fourth-order valence-electron chi connectivity index (χ4n) is 1.36. The number of amides is 1. The number of hydrogen-bond acceptors (Lipinski definition) is 3. The summed E-state index contributed by atoms with van der Waals surface area (Å²) in [4.78, 5) is 28.4. The lowest BCUT2D eigenvalue weighted by Crippen LogP contribution is -2.41. The summed E-state index contributed by atoms with van der Waals surface area (Å²) in [6, 6.07) is -0.188. The summed E-state index contributed by atoms with van der Waals surface area (Å²) in [6.07, 6.45) is 1.46. The monoisotopic (exact) mass is 222 g/mol. The van der Waals surface area contributed by atoms with Gasteiger partial charge in [-0.1, -0.05) is 0 Å². The van der Waals surface area contributed by atoms with Crippen LogP contribution < -0.4 is 10.6 Å². The molecule has 1 fully saturated rings. The van der Waals surface area contributed by atoms with E-state index in [1.165, 1.54) is 0 Å². The second-order valence-corrected chi connectivity index (χ2v) is 5.10. The standard InChI is InChI=1S/C7H15N2O4P/c10-7(6-2-1-3-8-6)9-4-5-14(11,12)13/h6,8H,1-5H2,(H,9,10)(H2,11,12,13)/t6-/m0/s1. The summed E-state index contributed by atoms with van der Waals surface area (Å²) in [5.41, 5.74) is 0. The largest absolute Gasteiger partial charge is 0.354 e. The third-order valence-corrected chi connectivity index (χ3v) is 2.89. The molecule has 1 heterocycles. The minimum absolute atomic E-state index is 0.0291. The van der Waals surface area contributed by atoms with Crippen molar-refractivity contribution in [3.8, 4) is 0 Å². The van der Waals surface area contributed by atoms with Gasteiger partial charge in [-0.25, -0.2) is 0 Å². The lowest BCUT2D eigenvalue weighted by Gasteiger charge is -2.11. The fourth-order valence-corrected chi connectivity index (χ4v) is 1.76. The second kappa shape index (κ2) is 4.89. The first-order valence-corrected chi connectivity index (χ1v) is 6.34. The maximum atomic E-state index is 11.3. The second-order valence-electron chi connectivity index (χ2n) is 3.33. The number of nitrogens with one attached hydrogen (secondary N) is 2. The van der Waals surface area contributed by atoms with Gasteiger partial charge in [-0.15, -0.1) is 0 Å². The molecule has 0 radical (unpaired) electrons. The first kappa shape index (κ1) is 11.7. The molecule has 0 aliphatic carbocycles. The van der Waals surface area contributed by atoms with Gasteiger partial charge in [0.25, 0.3) is 0 Å². The number of carbonyl (C=O) groups excluding carboxylic acids is 1. The molecule has 0 bridgehead atoms. The third kappa shape index (κ3) is 4.19. The highest BCUT2D eigenvalue weighted by atomic mass is 31.2. The molecule has 0 aromatic carbocycles. The summed E-state index contributed by atoms with van der Waals surface area (Å²) in [6.45, 7) is 0.859. The molecule has 7 heteroatoms. The molecule has 1 atom stereocenters. The van der Waals surface area contributed by atoms with Crippen LogP contribution in [0.3, 0.4) is 0 Å². The van der Waals surface area contributed by atoms with Crippen LogP contribution in [-0.2, 0) is 9.36 Å². The van der Waals surface area contributed by atoms with E-state index in [1.54, 1.807) is 0 Å². The zero-order chi connectivity index (χ0) is 10.6. The van der Waals surface area contributed by atoms with Crippen LogP contribution in [0.1, 0.15) is 12.8 Å². The number of carbonyl (C=O) groups is 1. The highest BCUT2D eigenvalue weighted by Crippen LogP contribution is 2.32. The van der Waals surface area contributed by atoms with Crippen LogP contribution in [0.2, 0.25) is 0 Å². The molecule has 14 heavy (non-hydrogen) atoms. The van der Waals surface area contributed by atoms with E-state index in [-0.39, 0.29) is 24.7 Å². The van der Waals surface area contributed by atoms with Crippen LogP contribution in [-0.4, -0.2) is 41.0 Å². The molecule has 0 unspecified atom stereocenters. The Morgan fingerprint density at radius 3 is 2.79 bits per heavy atom. The van der Waals surface area contributed by atoms with Crippen molar-refractivity contribution in [3.63, 3.8) is 0 Å². The SMILES string of the molecule is O=C(NCCP(=O)(O)O)[C@@H]1CCCN1. The quantitative estimate of drug-likeness (QED) is 0.459. The minimum Gasteiger partial charge on any atom is -0.354 e. The first-order chi connectivity index (χ1) is 6.49. The molecule has 4 N–H and O–H groups in total. The summed E-state index contributed by atoms with van der Waals surface area (Å²) >= 11 is 0. The van der Waals surface area contributed by atoms with E-state index in [4.69, 9.17) is 9.79 Å². The molecular formula is C7H15N2O4P. The van der Waals surface area contributed by atoms with Crippen molar-refractivity contribution in [3.05, 3.63) is 0 Å². The predicted octanol–water partition coefficient (Wildman–Crippen LogP) is -0.968. The van der Waals surface area contributed by atoms with Crippen LogP contribution in [0.4, 0.5) is 0 Å². The fraction of sp³-hybridized carbons (Fsp3) is 0.857. The third-order valence-electron chi connectivity index (χ3n) is 2.08. The van der Waals surface area contributed by atoms with E-state index in [2.05, 4.69) is 10.6 Å². The average molecular weight is 222 g/mol. The minimum atomic E-state index is -3.99. The Morgan fingerprint density at radius 2 is 2.29 bits per heavy atom. The van der Waals surface area contributed by atoms with Gasteiger partial charge in [-0.3, -0.25) is 9.36 Å². The predicted molar refractivity (Wildman–Crippen MR) is 50.9 cm³/mol. The lowest BCUT2D eigenvalue weighted by atomic mass is 10.2. The van der Waals surface area contributed by atoms with E-state index in [1.807, 2.05) is 0 Å². The van der Waals surface area contributed by atoms with E-state index >= 15 is 0 Å². The Hall–Kier alpha value is -0.420. The molecule has 82 valence electrons. The van der Waals surface area contributed by atoms with Crippen molar-refractivity contribution in [2.24, 2.45) is 0 Å². The van der Waals surface area contributed by atoms with Gasteiger partial charge in [-0.2, -0.15) is 0 Å². The maximum Gasteiger partial charge on any atom is 0.327 e. The Bertz CT molecular complexity index is 246. The van der Waals surface area contributed by atoms with Gasteiger partial charge in [0.1, 0.15) is 0 Å². The Labute approximate surface area is 82.2 Å². The summed E-state index contributed by atoms with van der Waals surface area (Å²) in [7, 11) is -3.99. The van der Waals surface area contributed by atoms with Crippen molar-refractivity contribution in [2.45, 2.75) is 18.9 Å². The highest BCUT2D eigenvalue weighted by Gasteiger charge is 2.22. The molecule has 0 spiro atoms. The van der Waals surface area contributed by atoms with Gasteiger partial charge in [0.05, 0.1) is 12.2 Å². The van der Waals surface area contributed by atoms with Crippen LogP contribution in [0.25, 0.3) is 0 Å². The van der Waals surface area contributed by atoms with Crippen molar-refractivity contribution in [1.29, 1.82) is 0 Å². The van der Waals surface area contributed by atoms with E-state index in [0.717, 1.165) is 19.4 Å². The molecule has 1 aliphatic rings. The lowest BCUT2D eigenvalue weighted by molar-refractivity contribution is -0.122. The van der Waals surface area contributed by atoms with E-state index < -0.39 is 7.60 Å². The van der Waals surface area contributed by atoms with Gasteiger partial charge in [0.15, 0.2) is 0 Å². The first-order valence-electron chi connectivity index (χ1n) is 4.55. The van der Waals surface area contributed by atoms with Crippen LogP contribution in [0.15, 0.2) is 0 Å².